The smallest absolute Gasteiger partial charge is 0.0843 e. The first-order valence-corrected chi connectivity index (χ1v) is 9.27. The molecule has 1 atom stereocenters. The number of unbranched alkanes of at least 4 members (excludes halogenated alkanes) is 3. The molecule has 18 heavy (non-hydrogen) atoms. The van der Waals surface area contributed by atoms with E-state index in [1.54, 1.807) is 0 Å². The molecule has 0 saturated carbocycles. The lowest BCUT2D eigenvalue weighted by Gasteiger charge is -2.17. The second-order valence-corrected chi connectivity index (χ2v) is 7.88. The summed E-state index contributed by atoms with van der Waals surface area (Å²) in [5, 5.41) is 3.67. The molecule has 0 amide bonds. The molecule has 1 heterocycles. The quantitative estimate of drug-likeness (QED) is 0.484. The van der Waals surface area contributed by atoms with Gasteiger partial charge in [-0.3, -0.25) is 0 Å². The van der Waals surface area contributed by atoms with E-state index in [2.05, 4.69) is 57.1 Å². The number of thiophene rings is 1. The maximum Gasteiger partial charge on any atom is 0.0843 e. The minimum absolute atomic E-state index is 0.523. The van der Waals surface area contributed by atoms with E-state index in [4.69, 9.17) is 0 Å². The Kier molecular flexibility index (Phi) is 8.81. The summed E-state index contributed by atoms with van der Waals surface area (Å²) in [5.74, 6) is 0. The SMILES string of the molecule is CCCCCCC(NCCC)c1cc(Br)c(Br)s1. The predicted molar refractivity (Wildman–Crippen MR) is 89.5 cm³/mol. The van der Waals surface area contributed by atoms with Crippen molar-refractivity contribution in [1.82, 2.24) is 5.32 Å². The molecule has 0 saturated heterocycles. The Morgan fingerprint density at radius 1 is 1.17 bits per heavy atom. The third-order valence-corrected chi connectivity index (χ3v) is 6.36. The molecule has 1 N–H and O–H groups in total. The lowest BCUT2D eigenvalue weighted by molar-refractivity contribution is 0.476. The number of nitrogens with one attached hydrogen (secondary N) is 1. The van der Waals surface area contributed by atoms with Crippen molar-refractivity contribution >= 4 is 43.2 Å². The topological polar surface area (TPSA) is 12.0 Å². The van der Waals surface area contributed by atoms with Crippen LogP contribution in [0.2, 0.25) is 0 Å². The molecule has 4 heteroatoms. The van der Waals surface area contributed by atoms with E-state index in [1.807, 2.05) is 11.3 Å². The zero-order valence-corrected chi connectivity index (χ0v) is 15.3. The van der Waals surface area contributed by atoms with Crippen molar-refractivity contribution < 1.29 is 0 Å². The number of hydrogen-bond donors (Lipinski definition) is 1. The molecule has 1 nitrogen and oxygen atoms in total. The number of rotatable bonds is 9. The summed E-state index contributed by atoms with van der Waals surface area (Å²) in [7, 11) is 0. The van der Waals surface area contributed by atoms with Crippen LogP contribution in [-0.4, -0.2) is 6.54 Å². The summed E-state index contributed by atoms with van der Waals surface area (Å²) in [4.78, 5) is 1.44. The van der Waals surface area contributed by atoms with Gasteiger partial charge in [0.05, 0.1) is 3.79 Å². The summed E-state index contributed by atoms with van der Waals surface area (Å²) in [6.07, 6.45) is 7.79. The summed E-state index contributed by atoms with van der Waals surface area (Å²) in [5.41, 5.74) is 0. The van der Waals surface area contributed by atoms with Crippen LogP contribution in [0, 0.1) is 0 Å². The van der Waals surface area contributed by atoms with Crippen molar-refractivity contribution in [3.8, 4) is 0 Å². The largest absolute Gasteiger partial charge is 0.309 e. The third kappa shape index (κ3) is 5.72. The van der Waals surface area contributed by atoms with Crippen LogP contribution in [0.1, 0.15) is 63.3 Å². The summed E-state index contributed by atoms with van der Waals surface area (Å²) in [6, 6.07) is 2.77. The van der Waals surface area contributed by atoms with Gasteiger partial charge in [0.25, 0.3) is 0 Å². The van der Waals surface area contributed by atoms with Gasteiger partial charge in [-0.15, -0.1) is 11.3 Å². The van der Waals surface area contributed by atoms with Gasteiger partial charge in [0.2, 0.25) is 0 Å². The van der Waals surface area contributed by atoms with E-state index >= 15 is 0 Å². The first-order chi connectivity index (χ1) is 8.69. The normalized spacial score (nSPS) is 12.9. The van der Waals surface area contributed by atoms with E-state index in [0.717, 1.165) is 6.54 Å². The fraction of sp³-hybridized carbons (Fsp3) is 0.714. The van der Waals surface area contributed by atoms with Crippen LogP contribution in [0.25, 0.3) is 0 Å². The summed E-state index contributed by atoms with van der Waals surface area (Å²) < 4.78 is 2.38. The lowest BCUT2D eigenvalue weighted by Crippen LogP contribution is -2.21. The molecule has 0 fully saturated rings. The second kappa shape index (κ2) is 9.51. The molecule has 0 aromatic carbocycles. The first kappa shape index (κ1) is 16.7. The van der Waals surface area contributed by atoms with Gasteiger partial charge in [-0.05, 0) is 57.3 Å². The molecule has 0 aliphatic carbocycles. The van der Waals surface area contributed by atoms with Crippen molar-refractivity contribution in [2.45, 2.75) is 58.4 Å². The molecule has 0 spiro atoms. The molecule has 1 unspecified atom stereocenters. The minimum atomic E-state index is 0.523. The van der Waals surface area contributed by atoms with Gasteiger partial charge < -0.3 is 5.32 Å². The first-order valence-electron chi connectivity index (χ1n) is 6.87. The number of hydrogen-bond acceptors (Lipinski definition) is 2. The van der Waals surface area contributed by atoms with E-state index in [0.29, 0.717) is 6.04 Å². The highest BCUT2D eigenvalue weighted by molar-refractivity contribution is 9.13. The van der Waals surface area contributed by atoms with Crippen LogP contribution in [0.5, 0.6) is 0 Å². The van der Waals surface area contributed by atoms with Gasteiger partial charge in [0, 0.05) is 15.4 Å². The zero-order valence-electron chi connectivity index (χ0n) is 11.3. The standard InChI is InChI=1S/C14H23Br2NS/c1-3-5-6-7-8-12(17-9-4-2)13-10-11(15)14(16)18-13/h10,12,17H,3-9H2,1-2H3. The van der Waals surface area contributed by atoms with Crippen molar-refractivity contribution in [3.05, 3.63) is 19.2 Å². The monoisotopic (exact) mass is 395 g/mol. The number of halogens is 2. The van der Waals surface area contributed by atoms with Gasteiger partial charge >= 0.3 is 0 Å². The van der Waals surface area contributed by atoms with Crippen LogP contribution < -0.4 is 5.32 Å². The van der Waals surface area contributed by atoms with Crippen molar-refractivity contribution in [2.75, 3.05) is 6.54 Å². The molecule has 0 radical (unpaired) electrons. The van der Waals surface area contributed by atoms with Crippen molar-refractivity contribution in [1.29, 1.82) is 0 Å². The third-order valence-electron chi connectivity index (χ3n) is 2.99. The van der Waals surface area contributed by atoms with Gasteiger partial charge in [0.1, 0.15) is 0 Å². The molecule has 0 aliphatic rings. The average Bonchev–Trinajstić information content (AvgIpc) is 2.68. The Hall–Kier alpha value is 0.620. The van der Waals surface area contributed by atoms with Crippen LogP contribution in [0.3, 0.4) is 0 Å². The average molecular weight is 397 g/mol. The van der Waals surface area contributed by atoms with E-state index < -0.39 is 0 Å². The molecular weight excluding hydrogens is 374 g/mol. The molecular formula is C14H23Br2NS. The van der Waals surface area contributed by atoms with Gasteiger partial charge in [-0.25, -0.2) is 0 Å². The highest BCUT2D eigenvalue weighted by Gasteiger charge is 2.14. The van der Waals surface area contributed by atoms with Gasteiger partial charge in [-0.1, -0.05) is 39.5 Å². The Balaban J connectivity index is 2.54. The lowest BCUT2D eigenvalue weighted by atomic mass is 10.1. The second-order valence-electron chi connectivity index (χ2n) is 4.63. The van der Waals surface area contributed by atoms with Crippen LogP contribution in [0.15, 0.2) is 14.3 Å². The molecule has 104 valence electrons. The Bertz CT molecular complexity index is 319. The van der Waals surface area contributed by atoms with Gasteiger partial charge in [0.15, 0.2) is 0 Å². The highest BCUT2D eigenvalue weighted by atomic mass is 79.9. The Morgan fingerprint density at radius 2 is 1.94 bits per heavy atom. The molecule has 0 aliphatic heterocycles. The van der Waals surface area contributed by atoms with E-state index in [9.17, 15) is 0 Å². The molecule has 1 aromatic heterocycles. The predicted octanol–water partition coefficient (Wildman–Crippen LogP) is 6.28. The van der Waals surface area contributed by atoms with Gasteiger partial charge in [-0.2, -0.15) is 0 Å². The maximum absolute atomic E-state index is 3.67. The van der Waals surface area contributed by atoms with E-state index in [-0.39, 0.29) is 0 Å². The fourth-order valence-corrected chi connectivity index (χ4v) is 4.17. The van der Waals surface area contributed by atoms with Crippen molar-refractivity contribution in [2.24, 2.45) is 0 Å². The van der Waals surface area contributed by atoms with Crippen molar-refractivity contribution in [3.63, 3.8) is 0 Å². The Morgan fingerprint density at radius 3 is 2.50 bits per heavy atom. The Labute approximate surface area is 132 Å². The van der Waals surface area contributed by atoms with Crippen LogP contribution in [0.4, 0.5) is 0 Å². The fourth-order valence-electron chi connectivity index (χ4n) is 1.97. The van der Waals surface area contributed by atoms with Crippen LogP contribution >= 0.6 is 43.2 Å². The molecule has 0 bridgehead atoms. The molecule has 1 rings (SSSR count). The van der Waals surface area contributed by atoms with Crippen LogP contribution in [-0.2, 0) is 0 Å². The zero-order chi connectivity index (χ0) is 13.4. The summed E-state index contributed by atoms with van der Waals surface area (Å²) >= 11 is 9.01. The highest BCUT2D eigenvalue weighted by Crippen LogP contribution is 2.37. The van der Waals surface area contributed by atoms with E-state index in [1.165, 1.54) is 51.7 Å². The molecule has 1 aromatic rings. The maximum atomic E-state index is 3.67. The minimum Gasteiger partial charge on any atom is -0.309 e. The summed E-state index contributed by atoms with van der Waals surface area (Å²) in [6.45, 7) is 5.59.